The molecule has 0 amide bonds. The molecule has 0 radical (unpaired) electrons. The maximum absolute atomic E-state index is 2.31. The summed E-state index contributed by atoms with van der Waals surface area (Å²) in [5, 5.41) is 1.69. The van der Waals surface area contributed by atoms with Gasteiger partial charge in [-0.3, -0.25) is 0 Å². The van der Waals surface area contributed by atoms with Gasteiger partial charge in [-0.05, 0) is 10.5 Å². The second-order valence-corrected chi connectivity index (χ2v) is 6.37. The smallest absolute Gasteiger partial charge is 0.213 e. The fourth-order valence-corrected chi connectivity index (χ4v) is 3.14. The molecule has 1 atom stereocenters. The summed E-state index contributed by atoms with van der Waals surface area (Å²) in [6.45, 7) is 4.63. The molecule has 2 rings (SSSR count). The summed E-state index contributed by atoms with van der Waals surface area (Å²) >= 11 is 0. The van der Waals surface area contributed by atoms with Crippen LogP contribution in [0.4, 0.5) is 0 Å². The van der Waals surface area contributed by atoms with E-state index in [2.05, 4.69) is 68.4 Å². The van der Waals surface area contributed by atoms with Gasteiger partial charge < -0.3 is 0 Å². The molecule has 0 spiro atoms. The van der Waals surface area contributed by atoms with Gasteiger partial charge in [-0.2, -0.15) is 12.1 Å². The predicted molar refractivity (Wildman–Crippen MR) is 69.5 cm³/mol. The number of rotatable bonds is 3. The average molecular weight is 222 g/mol. The SMILES string of the molecule is CC(C)(Pc1ccccc1)[c-]1cccc1.[Li+]. The standard InChI is InChI=1S/C14H16P.Li/c1-14(2,12-8-6-7-9-12)15-13-10-4-3-5-11-13;/h3-11,15H,1-2H3;/q-1;+1. The van der Waals surface area contributed by atoms with Crippen LogP contribution >= 0.6 is 8.58 Å². The van der Waals surface area contributed by atoms with Gasteiger partial charge in [-0.15, -0.1) is 5.56 Å². The summed E-state index contributed by atoms with van der Waals surface area (Å²) in [6, 6.07) is 19.4. The Morgan fingerprint density at radius 1 is 0.938 bits per heavy atom. The first-order valence-electron chi connectivity index (χ1n) is 5.24. The fraction of sp³-hybridized carbons (Fsp3) is 0.214. The van der Waals surface area contributed by atoms with E-state index in [1.54, 1.807) is 0 Å². The molecule has 0 heterocycles. The van der Waals surface area contributed by atoms with Crippen molar-refractivity contribution < 1.29 is 18.9 Å². The van der Waals surface area contributed by atoms with Gasteiger partial charge in [0.2, 0.25) is 0 Å². The molecule has 0 bridgehead atoms. The molecular weight excluding hydrogens is 206 g/mol. The van der Waals surface area contributed by atoms with Gasteiger partial charge in [0.1, 0.15) is 0 Å². The van der Waals surface area contributed by atoms with E-state index in [0.717, 1.165) is 8.58 Å². The molecule has 0 saturated heterocycles. The molecule has 0 N–H and O–H groups in total. The van der Waals surface area contributed by atoms with E-state index in [1.807, 2.05) is 0 Å². The monoisotopic (exact) mass is 222 g/mol. The van der Waals surface area contributed by atoms with Crippen LogP contribution in [0.3, 0.4) is 0 Å². The second kappa shape index (κ2) is 5.79. The van der Waals surface area contributed by atoms with Crippen molar-refractivity contribution in [2.45, 2.75) is 19.0 Å². The van der Waals surface area contributed by atoms with Crippen LogP contribution in [-0.4, -0.2) is 0 Å². The topological polar surface area (TPSA) is 0 Å². The molecule has 2 aromatic carbocycles. The van der Waals surface area contributed by atoms with Gasteiger partial charge in [0.15, 0.2) is 0 Å². The molecule has 16 heavy (non-hydrogen) atoms. The number of hydrogen-bond donors (Lipinski definition) is 0. The molecule has 2 aromatic rings. The maximum atomic E-state index is 2.31. The van der Waals surface area contributed by atoms with E-state index in [-0.39, 0.29) is 24.0 Å². The zero-order chi connectivity index (χ0) is 10.7. The van der Waals surface area contributed by atoms with Crippen molar-refractivity contribution in [1.29, 1.82) is 0 Å². The summed E-state index contributed by atoms with van der Waals surface area (Å²) in [4.78, 5) is 0. The molecule has 0 aliphatic carbocycles. The molecular formula is C14H16LiP. The zero-order valence-corrected chi connectivity index (χ0v) is 11.2. The predicted octanol–water partition coefficient (Wildman–Crippen LogP) is 0.649. The maximum Gasteiger partial charge on any atom is 1.00 e. The molecule has 0 aliphatic rings. The molecule has 0 fully saturated rings. The molecule has 78 valence electrons. The first kappa shape index (κ1) is 13.7. The molecule has 1 unspecified atom stereocenters. The minimum Gasteiger partial charge on any atom is -0.213 e. The van der Waals surface area contributed by atoms with Crippen LogP contribution in [-0.2, 0) is 5.16 Å². The van der Waals surface area contributed by atoms with E-state index < -0.39 is 0 Å². The third kappa shape index (κ3) is 3.29. The van der Waals surface area contributed by atoms with Crippen molar-refractivity contribution in [1.82, 2.24) is 0 Å². The first-order valence-corrected chi connectivity index (χ1v) is 6.24. The number of benzene rings is 1. The summed E-state index contributed by atoms with van der Waals surface area (Å²) in [7, 11) is 0.826. The van der Waals surface area contributed by atoms with Crippen molar-refractivity contribution in [3.8, 4) is 0 Å². The summed E-state index contributed by atoms with van der Waals surface area (Å²) in [6.07, 6.45) is 0. The van der Waals surface area contributed by atoms with Gasteiger partial charge in [-0.1, -0.05) is 52.8 Å². The van der Waals surface area contributed by atoms with Crippen LogP contribution in [0, 0.1) is 0 Å². The van der Waals surface area contributed by atoms with Crippen LogP contribution in [0.5, 0.6) is 0 Å². The van der Waals surface area contributed by atoms with Crippen LogP contribution in [0.25, 0.3) is 0 Å². The second-order valence-electron chi connectivity index (χ2n) is 4.29. The Balaban J connectivity index is 0.00000128. The van der Waals surface area contributed by atoms with Crippen LogP contribution < -0.4 is 24.2 Å². The summed E-state index contributed by atoms with van der Waals surface area (Å²) in [5.74, 6) is 0. The quantitative estimate of drug-likeness (QED) is 0.406. The van der Waals surface area contributed by atoms with Crippen molar-refractivity contribution in [2.75, 3.05) is 0 Å². The normalized spacial score (nSPS) is 11.6. The molecule has 2 heteroatoms. The van der Waals surface area contributed by atoms with Crippen LogP contribution in [0.2, 0.25) is 0 Å². The van der Waals surface area contributed by atoms with E-state index in [1.165, 1.54) is 10.9 Å². The largest absolute Gasteiger partial charge is 1.00 e. The van der Waals surface area contributed by atoms with Gasteiger partial charge in [0, 0.05) is 0 Å². The van der Waals surface area contributed by atoms with Crippen molar-refractivity contribution in [2.24, 2.45) is 0 Å². The van der Waals surface area contributed by atoms with Gasteiger partial charge in [0.25, 0.3) is 0 Å². The molecule has 0 saturated carbocycles. The van der Waals surface area contributed by atoms with Crippen LogP contribution in [0.1, 0.15) is 19.4 Å². The Morgan fingerprint density at radius 2 is 1.50 bits per heavy atom. The van der Waals surface area contributed by atoms with Gasteiger partial charge in [0.05, 0.1) is 0 Å². The van der Waals surface area contributed by atoms with E-state index in [0.29, 0.717) is 0 Å². The third-order valence-corrected chi connectivity index (χ3v) is 4.15. The Labute approximate surface area is 112 Å². The number of hydrogen-bond acceptors (Lipinski definition) is 0. The fourth-order valence-electron chi connectivity index (χ4n) is 1.75. The van der Waals surface area contributed by atoms with E-state index in [9.17, 15) is 0 Å². The van der Waals surface area contributed by atoms with Crippen molar-refractivity contribution in [3.63, 3.8) is 0 Å². The summed E-state index contributed by atoms with van der Waals surface area (Å²) in [5.41, 5.74) is 1.43. The molecule has 0 nitrogen and oxygen atoms in total. The minimum absolute atomic E-state index is 0. The van der Waals surface area contributed by atoms with Gasteiger partial charge >= 0.3 is 18.9 Å². The van der Waals surface area contributed by atoms with Gasteiger partial charge in [-0.25, -0.2) is 12.1 Å². The molecule has 0 aliphatic heterocycles. The zero-order valence-electron chi connectivity index (χ0n) is 10.2. The average Bonchev–Trinajstić information content (AvgIpc) is 2.71. The Bertz CT molecular complexity index is 404. The summed E-state index contributed by atoms with van der Waals surface area (Å²) < 4.78 is 0. The Kier molecular flexibility index (Phi) is 4.94. The Morgan fingerprint density at radius 3 is 2.06 bits per heavy atom. The van der Waals surface area contributed by atoms with E-state index >= 15 is 0 Å². The molecule has 0 aromatic heterocycles. The third-order valence-electron chi connectivity index (χ3n) is 2.61. The van der Waals surface area contributed by atoms with Crippen LogP contribution in [0.15, 0.2) is 54.6 Å². The minimum atomic E-state index is 0. The van der Waals surface area contributed by atoms with Crippen molar-refractivity contribution in [3.05, 3.63) is 60.2 Å². The Hall–Kier alpha value is -0.403. The first-order chi connectivity index (χ1) is 7.18. The van der Waals surface area contributed by atoms with Crippen molar-refractivity contribution >= 4 is 13.9 Å². The van der Waals surface area contributed by atoms with E-state index in [4.69, 9.17) is 0 Å².